The van der Waals surface area contributed by atoms with E-state index in [4.69, 9.17) is 0 Å². The maximum Gasteiger partial charge on any atom is 0.239 e. The van der Waals surface area contributed by atoms with E-state index in [9.17, 15) is 4.79 Å². The van der Waals surface area contributed by atoms with Crippen molar-refractivity contribution < 1.29 is 4.79 Å². The lowest BCUT2D eigenvalue weighted by atomic mass is 10.3. The minimum absolute atomic E-state index is 0.0462. The summed E-state index contributed by atoms with van der Waals surface area (Å²) in [6, 6.07) is 1.80. The van der Waals surface area contributed by atoms with Crippen LogP contribution in [0.15, 0.2) is 18.6 Å². The summed E-state index contributed by atoms with van der Waals surface area (Å²) in [6.07, 6.45) is 3.16. The Morgan fingerprint density at radius 3 is 3.15 bits per heavy atom. The SMILES string of the molecule is O=C1CN(c2ccncn2)CCN1. The second-order valence-corrected chi connectivity index (χ2v) is 2.84. The number of hydrogen-bond acceptors (Lipinski definition) is 4. The van der Waals surface area contributed by atoms with E-state index in [1.54, 1.807) is 12.3 Å². The topological polar surface area (TPSA) is 58.1 Å². The van der Waals surface area contributed by atoms with Crippen LogP contribution in [0.1, 0.15) is 0 Å². The molecule has 0 atom stereocenters. The van der Waals surface area contributed by atoms with Gasteiger partial charge in [-0.1, -0.05) is 0 Å². The van der Waals surface area contributed by atoms with E-state index in [1.807, 2.05) is 4.90 Å². The second-order valence-electron chi connectivity index (χ2n) is 2.84. The fraction of sp³-hybridized carbons (Fsp3) is 0.375. The maximum atomic E-state index is 11.1. The quantitative estimate of drug-likeness (QED) is 0.624. The number of aromatic nitrogens is 2. The molecule has 68 valence electrons. The Bertz CT molecular complexity index is 300. The van der Waals surface area contributed by atoms with Gasteiger partial charge in [-0.15, -0.1) is 0 Å². The van der Waals surface area contributed by atoms with Crippen molar-refractivity contribution in [2.75, 3.05) is 24.5 Å². The molecule has 0 radical (unpaired) electrons. The van der Waals surface area contributed by atoms with E-state index >= 15 is 0 Å². The van der Waals surface area contributed by atoms with Crippen molar-refractivity contribution in [2.45, 2.75) is 0 Å². The summed E-state index contributed by atoms with van der Waals surface area (Å²) in [5.41, 5.74) is 0. The van der Waals surface area contributed by atoms with Crippen molar-refractivity contribution in [2.24, 2.45) is 0 Å². The molecule has 1 saturated heterocycles. The molecule has 0 bridgehead atoms. The van der Waals surface area contributed by atoms with Gasteiger partial charge in [0.2, 0.25) is 5.91 Å². The Morgan fingerprint density at radius 1 is 1.54 bits per heavy atom. The molecule has 5 heteroatoms. The fourth-order valence-corrected chi connectivity index (χ4v) is 1.30. The molecule has 1 fully saturated rings. The number of nitrogens with one attached hydrogen (secondary N) is 1. The lowest BCUT2D eigenvalue weighted by molar-refractivity contribution is -0.120. The van der Waals surface area contributed by atoms with Crippen LogP contribution in [-0.4, -0.2) is 35.5 Å². The predicted molar refractivity (Wildman–Crippen MR) is 47.3 cm³/mol. The van der Waals surface area contributed by atoms with Crippen LogP contribution in [0.3, 0.4) is 0 Å². The van der Waals surface area contributed by atoms with Crippen molar-refractivity contribution in [1.29, 1.82) is 0 Å². The smallest absolute Gasteiger partial charge is 0.239 e. The molecule has 0 saturated carbocycles. The first-order valence-electron chi connectivity index (χ1n) is 4.14. The highest BCUT2D eigenvalue weighted by Crippen LogP contribution is 2.08. The minimum atomic E-state index is 0.0462. The van der Waals surface area contributed by atoms with Crippen LogP contribution in [-0.2, 0) is 4.79 Å². The number of amides is 1. The third-order valence-electron chi connectivity index (χ3n) is 1.93. The molecule has 2 heterocycles. The van der Waals surface area contributed by atoms with Gasteiger partial charge in [0, 0.05) is 19.3 Å². The van der Waals surface area contributed by atoms with Gasteiger partial charge in [-0.05, 0) is 6.07 Å². The van der Waals surface area contributed by atoms with Crippen molar-refractivity contribution >= 4 is 11.7 Å². The molecule has 1 aromatic heterocycles. The number of carbonyl (C=O) groups is 1. The fourth-order valence-electron chi connectivity index (χ4n) is 1.30. The van der Waals surface area contributed by atoms with Gasteiger partial charge in [-0.25, -0.2) is 9.97 Å². The second kappa shape index (κ2) is 3.38. The Kier molecular flexibility index (Phi) is 2.08. The first-order valence-corrected chi connectivity index (χ1v) is 4.14. The Morgan fingerprint density at radius 2 is 2.46 bits per heavy atom. The lowest BCUT2D eigenvalue weighted by Crippen LogP contribution is -2.48. The highest BCUT2D eigenvalue weighted by molar-refractivity contribution is 5.82. The number of carbonyl (C=O) groups excluding carboxylic acids is 1. The number of rotatable bonds is 1. The molecule has 0 aliphatic carbocycles. The van der Waals surface area contributed by atoms with Crippen molar-refractivity contribution in [3.8, 4) is 0 Å². The van der Waals surface area contributed by atoms with Crippen LogP contribution in [0, 0.1) is 0 Å². The molecule has 0 aromatic carbocycles. The van der Waals surface area contributed by atoms with E-state index in [0.29, 0.717) is 13.1 Å². The molecule has 1 aromatic rings. The van der Waals surface area contributed by atoms with E-state index in [-0.39, 0.29) is 5.91 Å². The van der Waals surface area contributed by atoms with E-state index < -0.39 is 0 Å². The summed E-state index contributed by atoms with van der Waals surface area (Å²) in [5, 5.41) is 2.76. The normalized spacial score (nSPS) is 16.9. The molecule has 2 rings (SSSR count). The lowest BCUT2D eigenvalue weighted by Gasteiger charge is -2.27. The zero-order valence-electron chi connectivity index (χ0n) is 7.10. The van der Waals surface area contributed by atoms with Gasteiger partial charge in [-0.2, -0.15) is 0 Å². The van der Waals surface area contributed by atoms with E-state index in [2.05, 4.69) is 15.3 Å². The molecular weight excluding hydrogens is 168 g/mol. The predicted octanol–water partition coefficient (Wildman–Crippen LogP) is -0.587. The standard InChI is InChI=1S/C8H10N4O/c13-8-5-12(4-3-10-8)7-1-2-9-6-11-7/h1-2,6H,3-5H2,(H,10,13). The summed E-state index contributed by atoms with van der Waals surface area (Å²) in [5.74, 6) is 0.856. The molecule has 5 nitrogen and oxygen atoms in total. The van der Waals surface area contributed by atoms with E-state index in [1.165, 1.54) is 6.33 Å². The van der Waals surface area contributed by atoms with Crippen LogP contribution < -0.4 is 10.2 Å². The van der Waals surface area contributed by atoms with Gasteiger partial charge in [0.05, 0.1) is 6.54 Å². The van der Waals surface area contributed by atoms with E-state index in [0.717, 1.165) is 12.4 Å². The van der Waals surface area contributed by atoms with Crippen molar-refractivity contribution in [3.63, 3.8) is 0 Å². The monoisotopic (exact) mass is 178 g/mol. The van der Waals surface area contributed by atoms with Crippen LogP contribution in [0.4, 0.5) is 5.82 Å². The summed E-state index contributed by atoms with van der Waals surface area (Å²) in [4.78, 5) is 20.9. The van der Waals surface area contributed by atoms with Crippen LogP contribution in [0.5, 0.6) is 0 Å². The summed E-state index contributed by atoms with van der Waals surface area (Å²) in [7, 11) is 0. The summed E-state index contributed by atoms with van der Waals surface area (Å²) >= 11 is 0. The summed E-state index contributed by atoms with van der Waals surface area (Å²) in [6.45, 7) is 1.88. The third kappa shape index (κ3) is 1.74. The zero-order valence-corrected chi connectivity index (χ0v) is 7.10. The van der Waals surface area contributed by atoms with Crippen LogP contribution >= 0.6 is 0 Å². The third-order valence-corrected chi connectivity index (χ3v) is 1.93. The molecule has 1 N–H and O–H groups in total. The average molecular weight is 178 g/mol. The molecule has 13 heavy (non-hydrogen) atoms. The molecule has 0 spiro atoms. The minimum Gasteiger partial charge on any atom is -0.353 e. The number of nitrogens with zero attached hydrogens (tertiary/aromatic N) is 3. The van der Waals surface area contributed by atoms with Gasteiger partial charge in [0.15, 0.2) is 0 Å². The van der Waals surface area contributed by atoms with Gasteiger partial charge in [-0.3, -0.25) is 4.79 Å². The highest BCUT2D eigenvalue weighted by Gasteiger charge is 2.16. The Balaban J connectivity index is 2.13. The maximum absolute atomic E-state index is 11.1. The van der Waals surface area contributed by atoms with Crippen LogP contribution in [0.2, 0.25) is 0 Å². The van der Waals surface area contributed by atoms with Gasteiger partial charge in [0.1, 0.15) is 12.1 Å². The first-order chi connectivity index (χ1) is 6.36. The zero-order chi connectivity index (χ0) is 9.10. The number of anilines is 1. The van der Waals surface area contributed by atoms with Gasteiger partial charge >= 0.3 is 0 Å². The van der Waals surface area contributed by atoms with Gasteiger partial charge in [0.25, 0.3) is 0 Å². The van der Waals surface area contributed by atoms with Gasteiger partial charge < -0.3 is 10.2 Å². The molecule has 1 aliphatic rings. The first kappa shape index (κ1) is 7.97. The summed E-state index contributed by atoms with van der Waals surface area (Å²) < 4.78 is 0. The largest absolute Gasteiger partial charge is 0.353 e. The van der Waals surface area contributed by atoms with Crippen molar-refractivity contribution in [3.05, 3.63) is 18.6 Å². The Labute approximate surface area is 75.8 Å². The van der Waals surface area contributed by atoms with Crippen molar-refractivity contribution in [1.82, 2.24) is 15.3 Å². The average Bonchev–Trinajstić information content (AvgIpc) is 2.19. The molecule has 1 aliphatic heterocycles. The van der Waals surface area contributed by atoms with Crippen LogP contribution in [0.25, 0.3) is 0 Å². The number of piperazine rings is 1. The Hall–Kier alpha value is -1.65. The number of hydrogen-bond donors (Lipinski definition) is 1. The highest BCUT2D eigenvalue weighted by atomic mass is 16.2. The molecular formula is C8H10N4O. The molecule has 1 amide bonds. The molecule has 0 unspecified atom stereocenters.